The standard InChI is InChI=1S/C39H34ClF10N7OS2.C2H6.CH4O/c1-19-16-37(43,44)34-29(19)33(39(48,49)50)53-56(34)17-28(58)52-27(14-20-12-21(41)15-22(42)13-20)31-24(7-6-23(51-31)10-11-36(2,3)59-4)25-8-9-26(40)30-32(25)57(18-38(45,46)47)54-35(30)55-60-5;2*1-2/h6-9,12-13,15,19,27H,14,16-18H2,1-5H3,(H,52,58)(H,54,55);1-2H3;2H,1H3/t19-,27?;;/m0../s1. The number of hydrogen-bond donors (Lipinski definition) is 3. The van der Waals surface area contributed by atoms with E-state index in [2.05, 4.69) is 32.1 Å². The maximum atomic E-state index is 15.3. The van der Waals surface area contributed by atoms with Gasteiger partial charge in [-0.25, -0.2) is 13.8 Å². The van der Waals surface area contributed by atoms with Crippen LogP contribution in [0, 0.1) is 23.5 Å². The van der Waals surface area contributed by atoms with Gasteiger partial charge < -0.3 is 15.1 Å². The van der Waals surface area contributed by atoms with Crippen LogP contribution in [-0.2, 0) is 36.4 Å². The number of carbonyl (C=O) groups is 1. The second-order valence-electron chi connectivity index (χ2n) is 14.5. The zero-order valence-corrected chi connectivity index (χ0v) is 38.0. The summed E-state index contributed by atoms with van der Waals surface area (Å²) in [5.74, 6) is -2.23. The number of thioether (sulfide) groups is 1. The molecule has 0 saturated carbocycles. The molecular weight excluding hydrogens is 924 g/mol. The molecule has 9 nitrogen and oxygen atoms in total. The van der Waals surface area contributed by atoms with Gasteiger partial charge in [-0.1, -0.05) is 56.3 Å². The number of anilines is 1. The molecule has 2 atom stereocenters. The Morgan fingerprint density at radius 1 is 0.984 bits per heavy atom. The monoisotopic (exact) mass is 967 g/mol. The van der Waals surface area contributed by atoms with Crippen LogP contribution in [0.2, 0.25) is 5.02 Å². The van der Waals surface area contributed by atoms with Gasteiger partial charge in [-0.15, -0.1) is 11.8 Å². The number of carbonyl (C=O) groups excluding carboxylic acids is 1. The molecule has 5 aromatic rings. The second kappa shape index (κ2) is 20.7. The molecule has 1 unspecified atom stereocenters. The summed E-state index contributed by atoms with van der Waals surface area (Å²) in [6.45, 7) is 6.12. The SMILES string of the molecule is CC.CO.CSNc1nn(CC(F)(F)F)c2c(-c3ccc(C#CC(C)(C)SC)nc3C(Cc3cc(F)cc(F)c3)NC(=O)Cn3nc(C(F)(F)F)c4c3C(F)(F)C[C@@H]4C)ccc(Cl)c12. The molecule has 0 radical (unpaired) electrons. The third-order valence-corrected chi connectivity index (χ3v) is 11.4. The number of nitrogens with zero attached hydrogens (tertiary/aromatic N) is 5. The number of pyridine rings is 1. The minimum atomic E-state index is -5.14. The fraction of sp³-hybridized carbons (Fsp3) is 0.429. The highest BCUT2D eigenvalue weighted by molar-refractivity contribution is 8.00. The predicted molar refractivity (Wildman–Crippen MR) is 230 cm³/mol. The van der Waals surface area contributed by atoms with Crippen LogP contribution in [-0.4, -0.2) is 66.1 Å². The molecule has 3 aromatic heterocycles. The van der Waals surface area contributed by atoms with Crippen molar-refractivity contribution in [2.45, 2.75) is 95.5 Å². The van der Waals surface area contributed by atoms with Crippen LogP contribution in [0.15, 0.2) is 42.5 Å². The fourth-order valence-corrected chi connectivity index (χ4v) is 7.78. The number of benzene rings is 2. The number of fused-ring (bicyclic) bond motifs is 2. The third kappa shape index (κ3) is 12.0. The number of rotatable bonds is 11. The Hall–Kier alpha value is -4.65. The fourth-order valence-electron chi connectivity index (χ4n) is 7.05. The molecular formula is C42H44ClF10N7O2S2. The van der Waals surface area contributed by atoms with Gasteiger partial charge in [-0.3, -0.25) is 14.2 Å². The zero-order valence-electron chi connectivity index (χ0n) is 35.6. The van der Waals surface area contributed by atoms with Gasteiger partial charge in [0.05, 0.1) is 32.4 Å². The minimum Gasteiger partial charge on any atom is -0.400 e. The van der Waals surface area contributed by atoms with E-state index in [1.807, 2.05) is 34.0 Å². The van der Waals surface area contributed by atoms with Crippen LogP contribution >= 0.6 is 35.3 Å². The van der Waals surface area contributed by atoms with Gasteiger partial charge in [0.2, 0.25) is 5.91 Å². The van der Waals surface area contributed by atoms with Crippen molar-refractivity contribution in [3.63, 3.8) is 0 Å². The van der Waals surface area contributed by atoms with Gasteiger partial charge in [-0.2, -0.15) is 45.3 Å². The molecule has 0 aliphatic heterocycles. The zero-order chi connectivity index (χ0) is 48.1. The maximum Gasteiger partial charge on any atom is 0.435 e. The van der Waals surface area contributed by atoms with Gasteiger partial charge in [0.1, 0.15) is 36.1 Å². The van der Waals surface area contributed by atoms with Crippen LogP contribution in [0.4, 0.5) is 49.7 Å². The first kappa shape index (κ1) is 52.0. The van der Waals surface area contributed by atoms with E-state index >= 15 is 8.78 Å². The van der Waals surface area contributed by atoms with Crippen molar-refractivity contribution in [1.29, 1.82) is 0 Å². The molecule has 22 heteroatoms. The molecule has 64 heavy (non-hydrogen) atoms. The molecule has 348 valence electrons. The van der Waals surface area contributed by atoms with Crippen molar-refractivity contribution >= 4 is 57.9 Å². The van der Waals surface area contributed by atoms with Gasteiger partial charge in [-0.05, 0) is 74.3 Å². The first-order valence-electron chi connectivity index (χ1n) is 19.3. The lowest BCUT2D eigenvalue weighted by Crippen LogP contribution is -2.35. The molecule has 0 fully saturated rings. The van der Waals surface area contributed by atoms with Crippen molar-refractivity contribution in [3.8, 4) is 23.0 Å². The Bertz CT molecular complexity index is 2510. The van der Waals surface area contributed by atoms with Crippen LogP contribution in [0.3, 0.4) is 0 Å². The summed E-state index contributed by atoms with van der Waals surface area (Å²) in [4.78, 5) is 18.7. The number of hydrogen-bond acceptors (Lipinski definition) is 8. The molecule has 3 N–H and O–H groups in total. The normalized spacial score (nSPS) is 15.0. The molecule has 2 aromatic carbocycles. The molecule has 1 amide bonds. The Morgan fingerprint density at radius 3 is 2.19 bits per heavy atom. The highest BCUT2D eigenvalue weighted by Gasteiger charge is 2.53. The number of halogens is 11. The largest absolute Gasteiger partial charge is 0.435 e. The van der Waals surface area contributed by atoms with Crippen LogP contribution in [0.1, 0.15) is 86.9 Å². The smallest absolute Gasteiger partial charge is 0.400 e. The van der Waals surface area contributed by atoms with E-state index in [4.69, 9.17) is 21.7 Å². The topological polar surface area (TPSA) is 110 Å². The van der Waals surface area contributed by atoms with Gasteiger partial charge >= 0.3 is 12.4 Å². The van der Waals surface area contributed by atoms with E-state index in [1.54, 1.807) is 6.26 Å². The van der Waals surface area contributed by atoms with Crippen molar-refractivity contribution in [2.75, 3.05) is 24.3 Å². The molecule has 0 spiro atoms. The van der Waals surface area contributed by atoms with Crippen molar-refractivity contribution in [2.24, 2.45) is 0 Å². The van der Waals surface area contributed by atoms with Crippen molar-refractivity contribution < 1.29 is 53.8 Å². The number of alkyl halides is 8. The van der Waals surface area contributed by atoms with E-state index in [1.165, 1.54) is 43.0 Å². The molecule has 1 aliphatic carbocycles. The van der Waals surface area contributed by atoms with Crippen LogP contribution in [0.25, 0.3) is 22.0 Å². The number of aliphatic hydroxyl groups is 1. The van der Waals surface area contributed by atoms with E-state index in [0.29, 0.717) is 10.7 Å². The van der Waals surface area contributed by atoms with E-state index < -0.39 is 95.4 Å². The average molecular weight is 968 g/mol. The third-order valence-electron chi connectivity index (χ3n) is 9.57. The Morgan fingerprint density at radius 2 is 1.61 bits per heavy atom. The average Bonchev–Trinajstić information content (AvgIpc) is 3.84. The number of nitrogens with one attached hydrogen (secondary N) is 2. The van der Waals surface area contributed by atoms with E-state index in [-0.39, 0.29) is 54.5 Å². The first-order valence-corrected chi connectivity index (χ1v) is 22.1. The second-order valence-corrected chi connectivity index (χ2v) is 17.0. The molecule has 0 saturated heterocycles. The predicted octanol–water partition coefficient (Wildman–Crippen LogP) is 11.3. The molecule has 3 heterocycles. The lowest BCUT2D eigenvalue weighted by Gasteiger charge is -2.23. The maximum absolute atomic E-state index is 15.3. The summed E-state index contributed by atoms with van der Waals surface area (Å²) in [5, 5.41) is 17.2. The number of amides is 1. The first-order chi connectivity index (χ1) is 29.9. The number of aromatic nitrogens is 5. The summed E-state index contributed by atoms with van der Waals surface area (Å²) < 4.78 is 147. The van der Waals surface area contributed by atoms with E-state index in [9.17, 15) is 39.9 Å². The minimum absolute atomic E-state index is 0.0129. The lowest BCUT2D eigenvalue weighted by molar-refractivity contribution is -0.143. The Kier molecular flexibility index (Phi) is 16.8. The summed E-state index contributed by atoms with van der Waals surface area (Å²) in [5.41, 5.74) is -3.47. The van der Waals surface area contributed by atoms with Gasteiger partial charge in [0.25, 0.3) is 5.92 Å². The van der Waals surface area contributed by atoms with Crippen molar-refractivity contribution in [3.05, 3.63) is 93.0 Å². The molecule has 6 rings (SSSR count). The van der Waals surface area contributed by atoms with Crippen LogP contribution in [0.5, 0.6) is 0 Å². The summed E-state index contributed by atoms with van der Waals surface area (Å²) in [6.07, 6.45) is -7.91. The number of aliphatic hydroxyl groups excluding tert-OH is 1. The van der Waals surface area contributed by atoms with Crippen molar-refractivity contribution in [1.82, 2.24) is 29.9 Å². The summed E-state index contributed by atoms with van der Waals surface area (Å²) in [7, 11) is 1.00. The van der Waals surface area contributed by atoms with Gasteiger partial charge in [0.15, 0.2) is 11.5 Å². The van der Waals surface area contributed by atoms with E-state index in [0.717, 1.165) is 31.2 Å². The summed E-state index contributed by atoms with van der Waals surface area (Å²) in [6, 6.07) is 6.71. The van der Waals surface area contributed by atoms with Crippen LogP contribution < -0.4 is 10.0 Å². The summed E-state index contributed by atoms with van der Waals surface area (Å²) >= 11 is 9.01. The molecule has 1 aliphatic rings. The molecule has 0 bridgehead atoms. The highest BCUT2D eigenvalue weighted by atomic mass is 35.5. The highest BCUT2D eigenvalue weighted by Crippen LogP contribution is 2.52. The quantitative estimate of drug-likeness (QED) is 0.0682. The Labute approximate surface area is 376 Å². The Balaban J connectivity index is 0.00000218. The van der Waals surface area contributed by atoms with Gasteiger partial charge in [0, 0.05) is 42.5 Å². The lowest BCUT2D eigenvalue weighted by atomic mass is 9.93.